The highest BCUT2D eigenvalue weighted by Gasteiger charge is 2.05. The van der Waals surface area contributed by atoms with Gasteiger partial charge in [-0.3, -0.25) is 4.79 Å². The summed E-state index contributed by atoms with van der Waals surface area (Å²) in [6, 6.07) is 7.38. The second-order valence-corrected chi connectivity index (χ2v) is 7.43. The molecule has 1 aromatic carbocycles. The SMILES string of the molecule is CCCCCCCCCCCC(=O)Oc1ccc(OCCCCCC)cc1. The maximum absolute atomic E-state index is 11.9. The molecule has 1 aromatic rings. The molecule has 3 heteroatoms. The molecule has 27 heavy (non-hydrogen) atoms. The van der Waals surface area contributed by atoms with E-state index >= 15 is 0 Å². The standard InChI is InChI=1S/C24H40O3/c1-3-5-7-9-10-11-12-13-14-16-24(25)27-23-19-17-22(18-20-23)26-21-15-8-6-4-2/h17-20H,3-16,21H2,1-2H3. The summed E-state index contributed by atoms with van der Waals surface area (Å²) in [6.45, 7) is 5.20. The molecule has 0 spiro atoms. The van der Waals surface area contributed by atoms with Gasteiger partial charge >= 0.3 is 5.97 Å². The first-order chi connectivity index (χ1) is 13.3. The zero-order valence-corrected chi connectivity index (χ0v) is 17.6. The minimum atomic E-state index is -0.133. The molecule has 0 fully saturated rings. The van der Waals surface area contributed by atoms with E-state index in [0.29, 0.717) is 12.2 Å². The Hall–Kier alpha value is -1.51. The molecule has 0 aromatic heterocycles. The molecular weight excluding hydrogens is 336 g/mol. The fourth-order valence-electron chi connectivity index (χ4n) is 3.09. The summed E-state index contributed by atoms with van der Waals surface area (Å²) in [6.07, 6.45) is 16.6. The van der Waals surface area contributed by atoms with E-state index < -0.39 is 0 Å². The van der Waals surface area contributed by atoms with Crippen LogP contribution in [0.2, 0.25) is 0 Å². The van der Waals surface area contributed by atoms with E-state index in [4.69, 9.17) is 9.47 Å². The second-order valence-electron chi connectivity index (χ2n) is 7.43. The van der Waals surface area contributed by atoms with Crippen LogP contribution in [-0.2, 0) is 4.79 Å². The number of unbranched alkanes of at least 4 members (excludes halogenated alkanes) is 11. The van der Waals surface area contributed by atoms with Gasteiger partial charge in [0.2, 0.25) is 0 Å². The van der Waals surface area contributed by atoms with Crippen molar-refractivity contribution in [1.82, 2.24) is 0 Å². The summed E-state index contributed by atoms with van der Waals surface area (Å²) >= 11 is 0. The molecule has 0 aliphatic rings. The Balaban J connectivity index is 2.05. The van der Waals surface area contributed by atoms with Crippen molar-refractivity contribution in [3.05, 3.63) is 24.3 Å². The fraction of sp³-hybridized carbons (Fsp3) is 0.708. The van der Waals surface area contributed by atoms with Crippen LogP contribution in [0.5, 0.6) is 11.5 Å². The molecule has 0 bridgehead atoms. The van der Waals surface area contributed by atoms with Crippen LogP contribution >= 0.6 is 0 Å². The third-order valence-electron chi connectivity index (χ3n) is 4.81. The van der Waals surface area contributed by atoms with E-state index in [1.165, 1.54) is 64.2 Å². The molecule has 3 nitrogen and oxygen atoms in total. The average molecular weight is 377 g/mol. The number of ether oxygens (including phenoxy) is 2. The van der Waals surface area contributed by atoms with Crippen LogP contribution in [0.25, 0.3) is 0 Å². The van der Waals surface area contributed by atoms with Crippen molar-refractivity contribution in [2.75, 3.05) is 6.61 Å². The maximum atomic E-state index is 11.9. The Labute approximate surface area is 166 Å². The first-order valence-corrected chi connectivity index (χ1v) is 11.2. The largest absolute Gasteiger partial charge is 0.494 e. The lowest BCUT2D eigenvalue weighted by Crippen LogP contribution is -2.07. The van der Waals surface area contributed by atoms with E-state index in [-0.39, 0.29) is 5.97 Å². The minimum Gasteiger partial charge on any atom is -0.494 e. The number of rotatable bonds is 17. The van der Waals surface area contributed by atoms with Crippen LogP contribution < -0.4 is 9.47 Å². The summed E-state index contributed by atoms with van der Waals surface area (Å²) in [5.74, 6) is 1.31. The van der Waals surface area contributed by atoms with Gasteiger partial charge < -0.3 is 9.47 Å². The van der Waals surface area contributed by atoms with E-state index in [1.54, 1.807) is 0 Å². The number of esters is 1. The van der Waals surface area contributed by atoms with Gasteiger partial charge in [0, 0.05) is 6.42 Å². The second kappa shape index (κ2) is 16.6. The maximum Gasteiger partial charge on any atom is 0.311 e. The van der Waals surface area contributed by atoms with Crippen molar-refractivity contribution in [3.63, 3.8) is 0 Å². The summed E-state index contributed by atoms with van der Waals surface area (Å²) in [5.41, 5.74) is 0. The first kappa shape index (κ1) is 23.5. The number of carbonyl (C=O) groups is 1. The third kappa shape index (κ3) is 13.3. The molecule has 0 atom stereocenters. The zero-order chi connectivity index (χ0) is 19.6. The smallest absolute Gasteiger partial charge is 0.311 e. The van der Waals surface area contributed by atoms with Gasteiger partial charge in [-0.15, -0.1) is 0 Å². The fourth-order valence-corrected chi connectivity index (χ4v) is 3.09. The summed E-state index contributed by atoms with van der Waals surface area (Å²) in [4.78, 5) is 11.9. The lowest BCUT2D eigenvalue weighted by atomic mass is 10.1. The Kier molecular flexibility index (Phi) is 14.5. The van der Waals surface area contributed by atoms with Crippen molar-refractivity contribution >= 4 is 5.97 Å². The molecular formula is C24H40O3. The van der Waals surface area contributed by atoms with Crippen LogP contribution in [0.3, 0.4) is 0 Å². The van der Waals surface area contributed by atoms with Gasteiger partial charge in [-0.25, -0.2) is 0 Å². The third-order valence-corrected chi connectivity index (χ3v) is 4.81. The highest BCUT2D eigenvalue weighted by atomic mass is 16.5. The molecule has 0 saturated carbocycles. The van der Waals surface area contributed by atoms with Crippen LogP contribution in [0, 0.1) is 0 Å². The number of carbonyl (C=O) groups excluding carboxylic acids is 1. The molecule has 0 aliphatic heterocycles. The first-order valence-electron chi connectivity index (χ1n) is 11.2. The molecule has 0 amide bonds. The van der Waals surface area contributed by atoms with Crippen molar-refractivity contribution in [1.29, 1.82) is 0 Å². The molecule has 0 aliphatic carbocycles. The monoisotopic (exact) mass is 376 g/mol. The van der Waals surface area contributed by atoms with Crippen LogP contribution in [-0.4, -0.2) is 12.6 Å². The Morgan fingerprint density at radius 3 is 1.74 bits per heavy atom. The van der Waals surface area contributed by atoms with Crippen molar-refractivity contribution < 1.29 is 14.3 Å². The molecule has 0 unspecified atom stereocenters. The van der Waals surface area contributed by atoms with Crippen molar-refractivity contribution in [2.45, 2.75) is 104 Å². The predicted octanol–water partition coefficient (Wildman–Crippen LogP) is 7.47. The van der Waals surface area contributed by atoms with E-state index in [0.717, 1.165) is 31.6 Å². The van der Waals surface area contributed by atoms with Gasteiger partial charge in [0.05, 0.1) is 6.61 Å². The molecule has 0 N–H and O–H groups in total. The molecule has 0 heterocycles. The lowest BCUT2D eigenvalue weighted by molar-refractivity contribution is -0.134. The summed E-state index contributed by atoms with van der Waals surface area (Å²) in [7, 11) is 0. The van der Waals surface area contributed by atoms with Gasteiger partial charge in [-0.2, -0.15) is 0 Å². The van der Waals surface area contributed by atoms with Gasteiger partial charge in [-0.1, -0.05) is 84.5 Å². The van der Waals surface area contributed by atoms with Gasteiger partial charge in [0.1, 0.15) is 11.5 Å². The topological polar surface area (TPSA) is 35.5 Å². The summed E-state index contributed by atoms with van der Waals surface area (Å²) in [5, 5.41) is 0. The molecule has 154 valence electrons. The quantitative estimate of drug-likeness (QED) is 0.161. The van der Waals surface area contributed by atoms with Crippen molar-refractivity contribution in [2.24, 2.45) is 0 Å². The Morgan fingerprint density at radius 1 is 0.667 bits per heavy atom. The highest BCUT2D eigenvalue weighted by molar-refractivity contribution is 5.72. The lowest BCUT2D eigenvalue weighted by Gasteiger charge is -2.08. The number of hydrogen-bond donors (Lipinski definition) is 0. The zero-order valence-electron chi connectivity index (χ0n) is 17.6. The van der Waals surface area contributed by atoms with Gasteiger partial charge in [0.15, 0.2) is 0 Å². The normalized spacial score (nSPS) is 10.7. The molecule has 0 saturated heterocycles. The highest BCUT2D eigenvalue weighted by Crippen LogP contribution is 2.19. The van der Waals surface area contributed by atoms with Crippen LogP contribution in [0.1, 0.15) is 104 Å². The number of benzene rings is 1. The van der Waals surface area contributed by atoms with Gasteiger partial charge in [0.25, 0.3) is 0 Å². The minimum absolute atomic E-state index is 0.133. The van der Waals surface area contributed by atoms with Crippen molar-refractivity contribution in [3.8, 4) is 11.5 Å². The number of hydrogen-bond acceptors (Lipinski definition) is 3. The van der Waals surface area contributed by atoms with Gasteiger partial charge in [-0.05, 0) is 37.1 Å². The summed E-state index contributed by atoms with van der Waals surface area (Å²) < 4.78 is 11.1. The molecule has 1 rings (SSSR count). The average Bonchev–Trinajstić information content (AvgIpc) is 2.68. The van der Waals surface area contributed by atoms with E-state index in [1.807, 2.05) is 24.3 Å². The van der Waals surface area contributed by atoms with E-state index in [9.17, 15) is 4.79 Å². The van der Waals surface area contributed by atoms with Crippen LogP contribution in [0.15, 0.2) is 24.3 Å². The molecule has 0 radical (unpaired) electrons. The van der Waals surface area contributed by atoms with Crippen LogP contribution in [0.4, 0.5) is 0 Å². The predicted molar refractivity (Wildman–Crippen MR) is 114 cm³/mol. The Morgan fingerprint density at radius 2 is 1.15 bits per heavy atom. The van der Waals surface area contributed by atoms with E-state index in [2.05, 4.69) is 13.8 Å². The Bertz CT molecular complexity index is 467.